The Morgan fingerprint density at radius 3 is 2.62 bits per heavy atom. The van der Waals surface area contributed by atoms with Crippen molar-refractivity contribution in [3.8, 4) is 5.75 Å². The SMILES string of the molecule is CNCCN(C)c1nnnn1Cc1ccc(OC)cc1.Cl. The lowest BCUT2D eigenvalue weighted by molar-refractivity contribution is 0.414. The number of halogens is 1. The monoisotopic (exact) mass is 312 g/mol. The molecule has 0 aliphatic carbocycles. The first-order chi connectivity index (χ1) is 9.74. The summed E-state index contributed by atoms with van der Waals surface area (Å²) in [6, 6.07) is 7.89. The van der Waals surface area contributed by atoms with Crippen molar-refractivity contribution in [3.05, 3.63) is 29.8 Å². The number of rotatable bonds is 7. The average Bonchev–Trinajstić information content (AvgIpc) is 2.94. The van der Waals surface area contributed by atoms with Crippen LogP contribution in [0.25, 0.3) is 0 Å². The van der Waals surface area contributed by atoms with Crippen molar-refractivity contribution >= 4 is 18.4 Å². The molecule has 0 atom stereocenters. The smallest absolute Gasteiger partial charge is 0.245 e. The Labute approximate surface area is 130 Å². The Kier molecular flexibility index (Phi) is 6.90. The molecule has 0 saturated heterocycles. The third-order valence-electron chi connectivity index (χ3n) is 3.04. The summed E-state index contributed by atoms with van der Waals surface area (Å²) in [5, 5.41) is 15.0. The van der Waals surface area contributed by atoms with Gasteiger partial charge in [-0.15, -0.1) is 12.4 Å². The zero-order valence-electron chi connectivity index (χ0n) is 12.5. The van der Waals surface area contributed by atoms with E-state index in [2.05, 4.69) is 20.8 Å². The minimum absolute atomic E-state index is 0. The standard InChI is InChI=1S/C13H20N6O.ClH/c1-14-8-9-18(2)13-15-16-17-19(13)10-11-4-6-12(20-3)7-5-11;/h4-7,14H,8-10H2,1-3H3;1H. The Morgan fingerprint density at radius 1 is 1.29 bits per heavy atom. The molecule has 116 valence electrons. The molecule has 1 aromatic carbocycles. The molecule has 8 heteroatoms. The van der Waals surface area contributed by atoms with Crippen molar-refractivity contribution in [2.45, 2.75) is 6.54 Å². The summed E-state index contributed by atoms with van der Waals surface area (Å²) >= 11 is 0. The van der Waals surface area contributed by atoms with Gasteiger partial charge in [-0.05, 0) is 35.2 Å². The fourth-order valence-corrected chi connectivity index (χ4v) is 1.86. The lowest BCUT2D eigenvalue weighted by Crippen LogP contribution is -2.29. The summed E-state index contributed by atoms with van der Waals surface area (Å²) in [6.45, 7) is 2.36. The van der Waals surface area contributed by atoms with Gasteiger partial charge in [0.05, 0.1) is 13.7 Å². The molecular formula is C13H21ClN6O. The molecular weight excluding hydrogens is 292 g/mol. The molecule has 0 saturated carbocycles. The third-order valence-corrected chi connectivity index (χ3v) is 3.04. The van der Waals surface area contributed by atoms with E-state index >= 15 is 0 Å². The molecule has 7 nitrogen and oxygen atoms in total. The van der Waals surface area contributed by atoms with Crippen molar-refractivity contribution in [1.29, 1.82) is 0 Å². The topological polar surface area (TPSA) is 68.1 Å². The molecule has 0 aliphatic rings. The number of anilines is 1. The van der Waals surface area contributed by atoms with E-state index in [9.17, 15) is 0 Å². The summed E-state index contributed by atoms with van der Waals surface area (Å²) in [7, 11) is 5.56. The quantitative estimate of drug-likeness (QED) is 0.816. The number of nitrogens with one attached hydrogen (secondary N) is 1. The second-order valence-corrected chi connectivity index (χ2v) is 4.51. The molecule has 1 aromatic heterocycles. The van der Waals surface area contributed by atoms with Gasteiger partial charge in [0.1, 0.15) is 5.75 Å². The molecule has 1 heterocycles. The van der Waals surface area contributed by atoms with Gasteiger partial charge in [-0.25, -0.2) is 4.68 Å². The lowest BCUT2D eigenvalue weighted by atomic mass is 10.2. The summed E-state index contributed by atoms with van der Waals surface area (Å²) in [4.78, 5) is 2.03. The molecule has 0 amide bonds. The molecule has 2 rings (SSSR count). The van der Waals surface area contributed by atoms with Crippen molar-refractivity contribution in [1.82, 2.24) is 25.5 Å². The van der Waals surface area contributed by atoms with Crippen LogP contribution in [0, 0.1) is 0 Å². The highest BCUT2D eigenvalue weighted by atomic mass is 35.5. The van der Waals surface area contributed by atoms with Crippen LogP contribution in [0.2, 0.25) is 0 Å². The van der Waals surface area contributed by atoms with Gasteiger partial charge < -0.3 is 15.0 Å². The molecule has 21 heavy (non-hydrogen) atoms. The fraction of sp³-hybridized carbons (Fsp3) is 0.462. The molecule has 0 unspecified atom stereocenters. The van der Waals surface area contributed by atoms with Crippen LogP contribution in [0.5, 0.6) is 5.75 Å². The van der Waals surface area contributed by atoms with Crippen LogP contribution in [-0.4, -0.2) is 54.5 Å². The number of hydrogen-bond donors (Lipinski definition) is 1. The second kappa shape index (κ2) is 8.43. The first-order valence-corrected chi connectivity index (χ1v) is 6.49. The number of methoxy groups -OCH3 is 1. The van der Waals surface area contributed by atoms with Crippen LogP contribution >= 0.6 is 12.4 Å². The number of benzene rings is 1. The number of likely N-dealkylation sites (N-methyl/N-ethyl adjacent to an activating group) is 2. The van der Waals surface area contributed by atoms with Crippen LogP contribution in [-0.2, 0) is 6.54 Å². The van der Waals surface area contributed by atoms with Crippen molar-refractivity contribution in [3.63, 3.8) is 0 Å². The number of hydrogen-bond acceptors (Lipinski definition) is 6. The van der Waals surface area contributed by atoms with E-state index in [0.29, 0.717) is 6.54 Å². The van der Waals surface area contributed by atoms with E-state index in [-0.39, 0.29) is 12.4 Å². The van der Waals surface area contributed by atoms with Crippen molar-refractivity contribution in [2.75, 3.05) is 39.2 Å². The second-order valence-electron chi connectivity index (χ2n) is 4.51. The minimum atomic E-state index is 0. The zero-order chi connectivity index (χ0) is 14.4. The van der Waals surface area contributed by atoms with E-state index < -0.39 is 0 Å². The number of tetrazole rings is 1. The molecule has 0 fully saturated rings. The first kappa shape index (κ1) is 17.2. The molecule has 1 N–H and O–H groups in total. The van der Waals surface area contributed by atoms with Gasteiger partial charge in [0.2, 0.25) is 5.95 Å². The first-order valence-electron chi connectivity index (χ1n) is 6.49. The third kappa shape index (κ3) is 4.57. The maximum absolute atomic E-state index is 5.15. The Bertz CT molecular complexity index is 530. The lowest BCUT2D eigenvalue weighted by Gasteiger charge is -2.17. The zero-order valence-corrected chi connectivity index (χ0v) is 13.3. The highest BCUT2D eigenvalue weighted by molar-refractivity contribution is 5.85. The predicted octanol–water partition coefficient (Wildman–Crippen LogP) is 0.807. The van der Waals surface area contributed by atoms with Gasteiger partial charge in [-0.3, -0.25) is 0 Å². The normalized spacial score (nSPS) is 10.0. The van der Waals surface area contributed by atoms with E-state index in [1.54, 1.807) is 11.8 Å². The van der Waals surface area contributed by atoms with Crippen LogP contribution in [0.3, 0.4) is 0 Å². The van der Waals surface area contributed by atoms with Gasteiger partial charge in [-0.2, -0.15) is 0 Å². The van der Waals surface area contributed by atoms with Crippen molar-refractivity contribution < 1.29 is 4.74 Å². The molecule has 2 aromatic rings. The fourth-order valence-electron chi connectivity index (χ4n) is 1.86. The molecule has 0 bridgehead atoms. The summed E-state index contributed by atoms with van der Waals surface area (Å²) in [5.74, 6) is 1.60. The summed E-state index contributed by atoms with van der Waals surface area (Å²) in [5.41, 5.74) is 1.13. The van der Waals surface area contributed by atoms with E-state index in [0.717, 1.165) is 30.4 Å². The Balaban J connectivity index is 0.00000220. The van der Waals surface area contributed by atoms with Crippen LogP contribution in [0.15, 0.2) is 24.3 Å². The maximum atomic E-state index is 5.15. The number of aromatic nitrogens is 4. The predicted molar refractivity (Wildman–Crippen MR) is 84.4 cm³/mol. The molecule has 0 spiro atoms. The molecule has 0 aliphatic heterocycles. The van der Waals surface area contributed by atoms with E-state index in [1.165, 1.54) is 0 Å². The minimum Gasteiger partial charge on any atom is -0.497 e. The largest absolute Gasteiger partial charge is 0.497 e. The van der Waals surface area contributed by atoms with Gasteiger partial charge in [0.15, 0.2) is 0 Å². The van der Waals surface area contributed by atoms with Gasteiger partial charge in [0.25, 0.3) is 0 Å². The number of ether oxygens (including phenoxy) is 1. The summed E-state index contributed by atoms with van der Waals surface area (Å²) < 4.78 is 6.94. The van der Waals surface area contributed by atoms with Gasteiger partial charge in [-0.1, -0.05) is 17.2 Å². The summed E-state index contributed by atoms with van der Waals surface area (Å²) in [6.07, 6.45) is 0. The van der Waals surface area contributed by atoms with Gasteiger partial charge >= 0.3 is 0 Å². The highest BCUT2D eigenvalue weighted by Gasteiger charge is 2.11. The van der Waals surface area contributed by atoms with Crippen molar-refractivity contribution in [2.24, 2.45) is 0 Å². The highest BCUT2D eigenvalue weighted by Crippen LogP contribution is 2.14. The van der Waals surface area contributed by atoms with E-state index in [4.69, 9.17) is 4.74 Å². The van der Waals surface area contributed by atoms with Crippen LogP contribution < -0.4 is 15.0 Å². The van der Waals surface area contributed by atoms with Crippen LogP contribution in [0.1, 0.15) is 5.56 Å². The molecule has 0 radical (unpaired) electrons. The van der Waals surface area contributed by atoms with E-state index in [1.807, 2.05) is 43.3 Å². The number of nitrogens with zero attached hydrogens (tertiary/aromatic N) is 5. The average molecular weight is 313 g/mol. The maximum Gasteiger partial charge on any atom is 0.245 e. The van der Waals surface area contributed by atoms with Gasteiger partial charge in [0, 0.05) is 20.1 Å². The Morgan fingerprint density at radius 2 is 2.00 bits per heavy atom. The van der Waals surface area contributed by atoms with Crippen LogP contribution in [0.4, 0.5) is 5.95 Å². The Hall–Kier alpha value is -1.86.